The van der Waals surface area contributed by atoms with Gasteiger partial charge in [-0.05, 0) is 49.6 Å². The number of aryl methyl sites for hydroxylation is 1. The van der Waals surface area contributed by atoms with Crippen LogP contribution in [0.4, 0.5) is 4.39 Å². The fraction of sp³-hybridized carbons (Fsp3) is 0.294. The van der Waals surface area contributed by atoms with Crippen molar-refractivity contribution in [3.63, 3.8) is 0 Å². The molecule has 0 heterocycles. The van der Waals surface area contributed by atoms with E-state index in [1.807, 2.05) is 12.1 Å². The Labute approximate surface area is 114 Å². The third-order valence-corrected chi connectivity index (χ3v) is 3.52. The topological polar surface area (TPSA) is 12.0 Å². The van der Waals surface area contributed by atoms with Crippen LogP contribution in [0.2, 0.25) is 0 Å². The molecule has 0 saturated heterocycles. The van der Waals surface area contributed by atoms with E-state index < -0.39 is 0 Å². The van der Waals surface area contributed by atoms with Crippen molar-refractivity contribution in [1.82, 2.24) is 5.32 Å². The second-order valence-corrected chi connectivity index (χ2v) is 5.02. The molecule has 0 amide bonds. The highest BCUT2D eigenvalue weighted by atomic mass is 19.1. The number of hydrogen-bond acceptors (Lipinski definition) is 1. The van der Waals surface area contributed by atoms with Gasteiger partial charge in [-0.1, -0.05) is 36.4 Å². The summed E-state index contributed by atoms with van der Waals surface area (Å²) in [5.74, 6) is -0.192. The van der Waals surface area contributed by atoms with Crippen LogP contribution in [0.5, 0.6) is 0 Å². The molecule has 2 aromatic rings. The molecule has 0 spiro atoms. The van der Waals surface area contributed by atoms with Gasteiger partial charge < -0.3 is 5.32 Å². The highest BCUT2D eigenvalue weighted by molar-refractivity contribution is 5.29. The molecule has 0 aliphatic carbocycles. The lowest BCUT2D eigenvalue weighted by Gasteiger charge is -2.22. The number of nitrogens with one attached hydrogen (secondary N) is 1. The molecule has 19 heavy (non-hydrogen) atoms. The van der Waals surface area contributed by atoms with E-state index in [4.69, 9.17) is 0 Å². The van der Waals surface area contributed by atoms with Crippen LogP contribution in [0, 0.1) is 12.7 Å². The molecule has 2 aromatic carbocycles. The summed E-state index contributed by atoms with van der Waals surface area (Å²) < 4.78 is 12.9. The van der Waals surface area contributed by atoms with Crippen molar-refractivity contribution in [1.29, 1.82) is 0 Å². The predicted molar refractivity (Wildman–Crippen MR) is 77.5 cm³/mol. The third kappa shape index (κ3) is 3.42. The minimum absolute atomic E-state index is 0.190. The fourth-order valence-electron chi connectivity index (χ4n) is 2.39. The molecule has 0 aromatic heterocycles. The first-order valence-electron chi connectivity index (χ1n) is 6.65. The Morgan fingerprint density at radius 2 is 1.53 bits per heavy atom. The molecule has 1 nitrogen and oxygen atoms in total. The second-order valence-electron chi connectivity index (χ2n) is 5.02. The predicted octanol–water partition coefficient (Wildman–Crippen LogP) is 4.55. The Hall–Kier alpha value is -1.67. The summed E-state index contributed by atoms with van der Waals surface area (Å²) in [5, 5.41) is 3.55. The zero-order chi connectivity index (χ0) is 13.8. The van der Waals surface area contributed by atoms with Crippen molar-refractivity contribution >= 4 is 0 Å². The van der Waals surface area contributed by atoms with Gasteiger partial charge in [-0.2, -0.15) is 0 Å². The first kappa shape index (κ1) is 13.8. The lowest BCUT2D eigenvalue weighted by Crippen LogP contribution is -2.23. The van der Waals surface area contributed by atoms with Crippen LogP contribution in [0.1, 0.15) is 42.6 Å². The molecule has 1 N–H and O–H groups in total. The van der Waals surface area contributed by atoms with Crippen LogP contribution in [0.25, 0.3) is 0 Å². The van der Waals surface area contributed by atoms with E-state index in [0.717, 1.165) is 5.56 Å². The molecule has 0 bridgehead atoms. The van der Waals surface area contributed by atoms with Gasteiger partial charge in [0.1, 0.15) is 5.82 Å². The molecule has 0 radical (unpaired) electrons. The van der Waals surface area contributed by atoms with Crippen LogP contribution in [0.15, 0.2) is 48.5 Å². The number of benzene rings is 2. The molecular weight excluding hydrogens is 237 g/mol. The smallest absolute Gasteiger partial charge is 0.123 e. The van der Waals surface area contributed by atoms with Crippen molar-refractivity contribution in [3.05, 3.63) is 71.0 Å². The number of rotatable bonds is 4. The lowest BCUT2D eigenvalue weighted by molar-refractivity contribution is 0.492. The normalized spacial score (nSPS) is 14.1. The fourth-order valence-corrected chi connectivity index (χ4v) is 2.39. The zero-order valence-corrected chi connectivity index (χ0v) is 11.7. The number of hydrogen-bond donors (Lipinski definition) is 1. The maximum absolute atomic E-state index is 12.9. The van der Waals surface area contributed by atoms with Gasteiger partial charge in [-0.3, -0.25) is 0 Å². The van der Waals surface area contributed by atoms with Gasteiger partial charge in [0.25, 0.3) is 0 Å². The molecule has 2 atom stereocenters. The van der Waals surface area contributed by atoms with E-state index >= 15 is 0 Å². The van der Waals surface area contributed by atoms with Gasteiger partial charge in [0.2, 0.25) is 0 Å². The monoisotopic (exact) mass is 257 g/mol. The van der Waals surface area contributed by atoms with Gasteiger partial charge in [0.15, 0.2) is 0 Å². The molecule has 100 valence electrons. The highest BCUT2D eigenvalue weighted by Crippen LogP contribution is 2.21. The Balaban J connectivity index is 2.08. The average molecular weight is 257 g/mol. The van der Waals surface area contributed by atoms with Crippen LogP contribution in [0.3, 0.4) is 0 Å². The lowest BCUT2D eigenvalue weighted by atomic mass is 10.0. The third-order valence-electron chi connectivity index (χ3n) is 3.52. The minimum Gasteiger partial charge on any atom is -0.304 e. The van der Waals surface area contributed by atoms with Gasteiger partial charge in [0, 0.05) is 12.1 Å². The van der Waals surface area contributed by atoms with Gasteiger partial charge in [-0.15, -0.1) is 0 Å². The first-order chi connectivity index (χ1) is 9.08. The van der Waals surface area contributed by atoms with E-state index in [0.29, 0.717) is 0 Å². The highest BCUT2D eigenvalue weighted by Gasteiger charge is 2.12. The summed E-state index contributed by atoms with van der Waals surface area (Å²) in [7, 11) is 0. The number of halogens is 1. The summed E-state index contributed by atoms with van der Waals surface area (Å²) in [4.78, 5) is 0. The zero-order valence-electron chi connectivity index (χ0n) is 11.7. The maximum Gasteiger partial charge on any atom is 0.123 e. The van der Waals surface area contributed by atoms with Crippen molar-refractivity contribution in [2.24, 2.45) is 0 Å². The maximum atomic E-state index is 12.9. The Kier molecular flexibility index (Phi) is 4.33. The summed E-state index contributed by atoms with van der Waals surface area (Å²) in [5.41, 5.74) is 3.69. The largest absolute Gasteiger partial charge is 0.304 e. The van der Waals surface area contributed by atoms with E-state index in [1.165, 1.54) is 23.3 Å². The molecule has 0 aliphatic heterocycles. The van der Waals surface area contributed by atoms with E-state index in [9.17, 15) is 4.39 Å². The first-order valence-corrected chi connectivity index (χ1v) is 6.65. The van der Waals surface area contributed by atoms with Crippen LogP contribution in [-0.4, -0.2) is 0 Å². The molecule has 2 heteroatoms. The second kappa shape index (κ2) is 5.98. The van der Waals surface area contributed by atoms with Crippen LogP contribution < -0.4 is 5.32 Å². The quantitative estimate of drug-likeness (QED) is 0.847. The van der Waals surface area contributed by atoms with Crippen molar-refractivity contribution in [2.45, 2.75) is 32.9 Å². The van der Waals surface area contributed by atoms with E-state index in [-0.39, 0.29) is 17.9 Å². The van der Waals surface area contributed by atoms with Gasteiger partial charge >= 0.3 is 0 Å². The SMILES string of the molecule is Cc1ccccc1C(C)N[C@@H](C)c1ccc(F)cc1. The van der Waals surface area contributed by atoms with E-state index in [1.54, 1.807) is 0 Å². The molecular formula is C17H20FN. The average Bonchev–Trinajstić information content (AvgIpc) is 2.39. The Bertz CT molecular complexity index is 533. The van der Waals surface area contributed by atoms with Gasteiger partial charge in [-0.25, -0.2) is 4.39 Å². The summed E-state index contributed by atoms with van der Waals surface area (Å²) in [6.45, 7) is 6.38. The molecule has 1 unspecified atom stereocenters. The van der Waals surface area contributed by atoms with Crippen molar-refractivity contribution in [2.75, 3.05) is 0 Å². The molecule has 2 rings (SSSR count). The van der Waals surface area contributed by atoms with Crippen molar-refractivity contribution in [3.8, 4) is 0 Å². The molecule has 0 fully saturated rings. The summed E-state index contributed by atoms with van der Waals surface area (Å²) in [6, 6.07) is 15.5. The van der Waals surface area contributed by atoms with Crippen LogP contribution >= 0.6 is 0 Å². The van der Waals surface area contributed by atoms with Gasteiger partial charge in [0.05, 0.1) is 0 Å². The Morgan fingerprint density at radius 1 is 0.895 bits per heavy atom. The van der Waals surface area contributed by atoms with E-state index in [2.05, 4.69) is 50.4 Å². The summed E-state index contributed by atoms with van der Waals surface area (Å²) in [6.07, 6.45) is 0. The van der Waals surface area contributed by atoms with Crippen molar-refractivity contribution < 1.29 is 4.39 Å². The minimum atomic E-state index is -0.192. The Morgan fingerprint density at radius 3 is 2.16 bits per heavy atom. The van der Waals surface area contributed by atoms with Crippen LogP contribution in [-0.2, 0) is 0 Å². The standard InChI is InChI=1S/C17H20FN/c1-12-6-4-5-7-17(12)14(3)19-13(2)15-8-10-16(18)11-9-15/h4-11,13-14,19H,1-3H3/t13-,14?/m0/s1. The summed E-state index contributed by atoms with van der Waals surface area (Å²) >= 11 is 0. The molecule has 0 saturated carbocycles. The molecule has 0 aliphatic rings.